The van der Waals surface area contributed by atoms with Crippen molar-refractivity contribution >= 4 is 44.1 Å². The molecule has 4 rings (SSSR count). The minimum atomic E-state index is -3.78. The van der Waals surface area contributed by atoms with Gasteiger partial charge >= 0.3 is 0 Å². The van der Waals surface area contributed by atoms with Gasteiger partial charge in [-0.2, -0.15) is 8.75 Å². The van der Waals surface area contributed by atoms with E-state index >= 15 is 0 Å². The fraction of sp³-hybridized carbons (Fsp3) is 0.333. The Morgan fingerprint density at radius 1 is 1.29 bits per heavy atom. The molecule has 0 fully saturated rings. The van der Waals surface area contributed by atoms with Crippen molar-refractivity contribution in [2.45, 2.75) is 29.8 Å². The Morgan fingerprint density at radius 3 is 3.04 bits per heavy atom. The van der Waals surface area contributed by atoms with Crippen LogP contribution in [0.1, 0.15) is 23.3 Å². The number of fused-ring (bicyclic) bond motifs is 2. The average molecular weight is 382 g/mol. The van der Waals surface area contributed by atoms with Gasteiger partial charge in [-0.15, -0.1) is 11.3 Å². The number of hydrogen-bond acceptors (Lipinski definition) is 7. The van der Waals surface area contributed by atoms with Crippen LogP contribution in [0.25, 0.3) is 11.0 Å². The molecule has 1 atom stereocenters. The van der Waals surface area contributed by atoms with Crippen LogP contribution in [0, 0.1) is 0 Å². The normalized spacial score (nSPS) is 21.0. The number of benzene rings is 1. The van der Waals surface area contributed by atoms with E-state index in [9.17, 15) is 13.5 Å². The maximum absolute atomic E-state index is 12.7. The zero-order valence-electron chi connectivity index (χ0n) is 12.6. The first kappa shape index (κ1) is 16.1. The molecule has 9 heteroatoms. The number of rotatable bonds is 4. The first-order valence-electron chi connectivity index (χ1n) is 7.50. The van der Waals surface area contributed by atoms with Crippen molar-refractivity contribution in [3.05, 3.63) is 40.1 Å². The monoisotopic (exact) mass is 381 g/mol. The van der Waals surface area contributed by atoms with Gasteiger partial charge in [0.15, 0.2) is 0 Å². The maximum atomic E-state index is 12.7. The van der Waals surface area contributed by atoms with Gasteiger partial charge in [0.05, 0.1) is 11.7 Å². The van der Waals surface area contributed by atoms with Gasteiger partial charge in [-0.3, -0.25) is 0 Å². The molecular formula is C15H15N3O3S3. The smallest absolute Gasteiger partial charge is 0.242 e. The Hall–Kier alpha value is -1.39. The molecule has 0 radical (unpaired) electrons. The summed E-state index contributed by atoms with van der Waals surface area (Å²) in [7, 11) is -3.78. The fourth-order valence-corrected chi connectivity index (χ4v) is 5.97. The minimum Gasteiger partial charge on any atom is -0.384 e. The van der Waals surface area contributed by atoms with Gasteiger partial charge in [0.25, 0.3) is 0 Å². The molecule has 2 aromatic heterocycles. The van der Waals surface area contributed by atoms with Crippen LogP contribution in [-0.2, 0) is 22.0 Å². The Morgan fingerprint density at radius 2 is 2.17 bits per heavy atom. The highest BCUT2D eigenvalue weighted by Gasteiger charge is 2.36. The molecule has 0 aliphatic heterocycles. The molecule has 0 spiro atoms. The summed E-state index contributed by atoms with van der Waals surface area (Å²) in [4.78, 5) is 1.23. The van der Waals surface area contributed by atoms with Crippen LogP contribution in [0.4, 0.5) is 0 Å². The van der Waals surface area contributed by atoms with E-state index in [1.807, 2.05) is 11.4 Å². The van der Waals surface area contributed by atoms with Crippen LogP contribution in [0.3, 0.4) is 0 Å². The molecule has 0 saturated heterocycles. The lowest BCUT2D eigenvalue weighted by Gasteiger charge is -2.32. The van der Waals surface area contributed by atoms with E-state index in [1.165, 1.54) is 6.07 Å². The molecule has 1 aromatic carbocycles. The Kier molecular flexibility index (Phi) is 3.92. The summed E-state index contributed by atoms with van der Waals surface area (Å²) >= 11 is 2.59. The first-order chi connectivity index (χ1) is 11.5. The van der Waals surface area contributed by atoms with Gasteiger partial charge < -0.3 is 5.11 Å². The predicted octanol–water partition coefficient (Wildman–Crippen LogP) is 2.26. The molecule has 0 saturated carbocycles. The van der Waals surface area contributed by atoms with E-state index in [0.29, 0.717) is 17.5 Å². The summed E-state index contributed by atoms with van der Waals surface area (Å²) < 4.78 is 36.1. The van der Waals surface area contributed by atoms with Gasteiger partial charge in [0.1, 0.15) is 21.5 Å². The number of aliphatic hydroxyl groups is 1. The van der Waals surface area contributed by atoms with Crippen LogP contribution in [0.5, 0.6) is 0 Å². The van der Waals surface area contributed by atoms with E-state index < -0.39 is 15.6 Å². The lowest BCUT2D eigenvalue weighted by Crippen LogP contribution is -2.42. The zero-order chi connectivity index (χ0) is 16.8. The molecule has 1 unspecified atom stereocenters. The van der Waals surface area contributed by atoms with Crippen molar-refractivity contribution < 1.29 is 13.5 Å². The van der Waals surface area contributed by atoms with Crippen LogP contribution in [0.15, 0.2) is 34.5 Å². The number of sulfonamides is 1. The number of nitrogens with zero attached hydrogens (tertiary/aromatic N) is 2. The lowest BCUT2D eigenvalue weighted by molar-refractivity contribution is 0.0252. The SMILES string of the molecule is O=S(=O)(NCC1(O)CCCc2sccc21)c1cccc2nsnc12. The second-order valence-corrected chi connectivity index (χ2v) is 9.12. The highest BCUT2D eigenvalue weighted by molar-refractivity contribution is 7.89. The van der Waals surface area contributed by atoms with Gasteiger partial charge in [0.2, 0.25) is 10.0 Å². The number of aryl methyl sites for hydroxylation is 1. The highest BCUT2D eigenvalue weighted by atomic mass is 32.2. The molecular weight excluding hydrogens is 366 g/mol. The van der Waals surface area contributed by atoms with Crippen LogP contribution in [-0.4, -0.2) is 28.8 Å². The van der Waals surface area contributed by atoms with Crippen LogP contribution < -0.4 is 4.72 Å². The number of nitrogens with one attached hydrogen (secondary N) is 1. The van der Waals surface area contributed by atoms with Gasteiger partial charge in [0, 0.05) is 11.4 Å². The summed E-state index contributed by atoms with van der Waals surface area (Å²) in [5, 5.41) is 12.9. The van der Waals surface area contributed by atoms with Crippen molar-refractivity contribution in [3.8, 4) is 0 Å². The minimum absolute atomic E-state index is 0.0486. The Labute approximate surface area is 147 Å². The second kappa shape index (κ2) is 5.85. The Bertz CT molecular complexity index is 995. The lowest BCUT2D eigenvalue weighted by atomic mass is 9.83. The zero-order valence-corrected chi connectivity index (χ0v) is 15.0. The third-order valence-corrected chi connectivity index (χ3v) is 7.29. The molecule has 6 nitrogen and oxygen atoms in total. The molecule has 3 aromatic rings. The predicted molar refractivity (Wildman–Crippen MR) is 93.8 cm³/mol. The largest absolute Gasteiger partial charge is 0.384 e. The maximum Gasteiger partial charge on any atom is 0.242 e. The van der Waals surface area contributed by atoms with Crippen molar-refractivity contribution in [1.29, 1.82) is 0 Å². The third-order valence-electron chi connectivity index (χ3n) is 4.33. The summed E-state index contributed by atoms with van der Waals surface area (Å²) in [6, 6.07) is 6.76. The third kappa shape index (κ3) is 2.66. The number of thiophene rings is 1. The van der Waals surface area contributed by atoms with Crippen LogP contribution >= 0.6 is 23.1 Å². The molecule has 24 heavy (non-hydrogen) atoms. The second-order valence-electron chi connectivity index (χ2n) is 5.86. The van der Waals surface area contributed by atoms with Gasteiger partial charge in [-0.05, 0) is 48.4 Å². The van der Waals surface area contributed by atoms with Crippen molar-refractivity contribution in [2.24, 2.45) is 0 Å². The molecule has 0 bridgehead atoms. The number of aromatic nitrogens is 2. The molecule has 1 aliphatic carbocycles. The fourth-order valence-electron chi connectivity index (χ4n) is 3.10. The van der Waals surface area contributed by atoms with E-state index in [0.717, 1.165) is 35.0 Å². The van der Waals surface area contributed by atoms with Crippen LogP contribution in [0.2, 0.25) is 0 Å². The Balaban J connectivity index is 1.63. The van der Waals surface area contributed by atoms with E-state index in [1.54, 1.807) is 23.5 Å². The van der Waals surface area contributed by atoms with Gasteiger partial charge in [-0.1, -0.05) is 6.07 Å². The standard InChI is InChI=1S/C15H15N3O3S3/c19-15(7-2-4-12-10(15)6-8-22-12)9-16-24(20,21)13-5-1-3-11-14(13)18-23-17-11/h1,3,5-6,8,16,19H,2,4,7,9H2. The molecule has 0 amide bonds. The highest BCUT2D eigenvalue weighted by Crippen LogP contribution is 2.38. The summed E-state index contributed by atoms with van der Waals surface area (Å²) in [5.41, 5.74) is 0.603. The van der Waals surface area contributed by atoms with Gasteiger partial charge in [-0.25, -0.2) is 13.1 Å². The van der Waals surface area contributed by atoms with Crippen molar-refractivity contribution in [1.82, 2.24) is 13.5 Å². The summed E-state index contributed by atoms with van der Waals surface area (Å²) in [6.45, 7) is -0.0486. The summed E-state index contributed by atoms with van der Waals surface area (Å²) in [5.74, 6) is 0. The molecule has 1 aliphatic rings. The van der Waals surface area contributed by atoms with Crippen molar-refractivity contribution in [2.75, 3.05) is 6.54 Å². The molecule has 126 valence electrons. The summed E-state index contributed by atoms with van der Waals surface area (Å²) in [6.07, 6.45) is 2.32. The van der Waals surface area contributed by atoms with Crippen molar-refractivity contribution in [3.63, 3.8) is 0 Å². The quantitative estimate of drug-likeness (QED) is 0.723. The number of hydrogen-bond donors (Lipinski definition) is 2. The average Bonchev–Trinajstić information content (AvgIpc) is 3.22. The molecule has 2 heterocycles. The van der Waals surface area contributed by atoms with E-state index in [4.69, 9.17) is 0 Å². The molecule has 2 N–H and O–H groups in total. The van der Waals surface area contributed by atoms with E-state index in [-0.39, 0.29) is 11.4 Å². The first-order valence-corrected chi connectivity index (χ1v) is 10.6. The van der Waals surface area contributed by atoms with E-state index in [2.05, 4.69) is 13.5 Å². The topological polar surface area (TPSA) is 92.2 Å².